The molecule has 3 nitrogen and oxygen atoms in total. The van der Waals surface area contributed by atoms with Gasteiger partial charge in [0, 0.05) is 0 Å². The molecule has 0 rings (SSSR count). The molecule has 0 bridgehead atoms. The lowest BCUT2D eigenvalue weighted by Crippen LogP contribution is -2.38. The molecule has 0 heterocycles. The zero-order chi connectivity index (χ0) is 11.7. The summed E-state index contributed by atoms with van der Waals surface area (Å²) in [6.07, 6.45) is 6.41. The van der Waals surface area contributed by atoms with E-state index in [1.54, 1.807) is 13.0 Å². The zero-order valence-corrected chi connectivity index (χ0v) is 9.79. The lowest BCUT2D eigenvalue weighted by atomic mass is 9.98. The van der Waals surface area contributed by atoms with Gasteiger partial charge in [0.05, 0.1) is 6.61 Å². The molecule has 88 valence electrons. The van der Waals surface area contributed by atoms with Crippen molar-refractivity contribution in [3.63, 3.8) is 0 Å². The molecule has 0 aromatic rings. The monoisotopic (exact) mass is 214 g/mol. The van der Waals surface area contributed by atoms with Crippen LogP contribution in [0.15, 0.2) is 12.7 Å². The molecule has 0 aromatic carbocycles. The van der Waals surface area contributed by atoms with E-state index in [1.807, 2.05) is 0 Å². The molecule has 3 heteroatoms. The summed E-state index contributed by atoms with van der Waals surface area (Å²) in [6.45, 7) is 7.56. The minimum absolute atomic E-state index is 0.288. The van der Waals surface area contributed by atoms with E-state index in [0.717, 1.165) is 25.7 Å². The number of carbonyl (C=O) groups is 1. The third-order valence-electron chi connectivity index (χ3n) is 2.48. The first kappa shape index (κ1) is 14.2. The summed E-state index contributed by atoms with van der Waals surface area (Å²) >= 11 is 0. The molecular formula is C12H22O3. The molecule has 0 aliphatic carbocycles. The molecule has 0 aliphatic rings. The van der Waals surface area contributed by atoms with Crippen LogP contribution in [0.5, 0.6) is 0 Å². The summed E-state index contributed by atoms with van der Waals surface area (Å²) in [5.41, 5.74) is -1.05. The molecule has 15 heavy (non-hydrogen) atoms. The maximum absolute atomic E-state index is 11.0. The van der Waals surface area contributed by atoms with Crippen LogP contribution < -0.4 is 0 Å². The van der Waals surface area contributed by atoms with Crippen LogP contribution in [0.2, 0.25) is 0 Å². The van der Waals surface area contributed by atoms with Crippen molar-refractivity contribution in [3.05, 3.63) is 12.7 Å². The molecule has 0 saturated carbocycles. The molecule has 0 aliphatic heterocycles. The Balaban J connectivity index is 4.01. The van der Waals surface area contributed by atoms with Gasteiger partial charge in [0.25, 0.3) is 0 Å². The van der Waals surface area contributed by atoms with Gasteiger partial charge in [-0.05, 0) is 19.8 Å². The second-order valence-electron chi connectivity index (χ2n) is 3.95. The Hall–Kier alpha value is -0.830. The van der Waals surface area contributed by atoms with E-state index in [2.05, 4.69) is 13.5 Å². The second kappa shape index (κ2) is 7.46. The van der Waals surface area contributed by atoms with Crippen LogP contribution in [0.4, 0.5) is 0 Å². The Labute approximate surface area is 92.1 Å². The van der Waals surface area contributed by atoms with Crippen LogP contribution >= 0.6 is 0 Å². The van der Waals surface area contributed by atoms with E-state index in [-0.39, 0.29) is 6.61 Å². The fourth-order valence-electron chi connectivity index (χ4n) is 1.37. The van der Waals surface area contributed by atoms with Crippen molar-refractivity contribution in [2.24, 2.45) is 0 Å². The maximum atomic E-state index is 11.0. The van der Waals surface area contributed by atoms with Crippen LogP contribution in [0, 0.1) is 0 Å². The fourth-order valence-corrected chi connectivity index (χ4v) is 1.37. The van der Waals surface area contributed by atoms with Gasteiger partial charge in [-0.2, -0.15) is 0 Å². The number of carboxylic acid groups (broad SMARTS) is 1. The number of aliphatic carboxylic acids is 1. The highest BCUT2D eigenvalue weighted by atomic mass is 16.5. The Kier molecular flexibility index (Phi) is 7.05. The van der Waals surface area contributed by atoms with Crippen molar-refractivity contribution in [2.75, 3.05) is 6.61 Å². The predicted molar refractivity (Wildman–Crippen MR) is 60.9 cm³/mol. The van der Waals surface area contributed by atoms with Gasteiger partial charge >= 0.3 is 5.97 Å². The maximum Gasteiger partial charge on any atom is 0.335 e. The van der Waals surface area contributed by atoms with Gasteiger partial charge < -0.3 is 9.84 Å². The van der Waals surface area contributed by atoms with Crippen LogP contribution in [0.1, 0.15) is 46.0 Å². The van der Waals surface area contributed by atoms with Gasteiger partial charge in [-0.15, -0.1) is 6.58 Å². The summed E-state index contributed by atoms with van der Waals surface area (Å²) in [4.78, 5) is 11.0. The number of ether oxygens (including phenoxy) is 1. The van der Waals surface area contributed by atoms with Gasteiger partial charge in [0.2, 0.25) is 0 Å². The van der Waals surface area contributed by atoms with Crippen LogP contribution in [0.25, 0.3) is 0 Å². The Morgan fingerprint density at radius 3 is 2.60 bits per heavy atom. The van der Waals surface area contributed by atoms with Crippen LogP contribution in [-0.4, -0.2) is 23.3 Å². The van der Waals surface area contributed by atoms with E-state index in [0.29, 0.717) is 6.42 Å². The van der Waals surface area contributed by atoms with E-state index in [1.165, 1.54) is 0 Å². The number of rotatable bonds is 9. The van der Waals surface area contributed by atoms with Crippen molar-refractivity contribution >= 4 is 5.97 Å². The average molecular weight is 214 g/mol. The van der Waals surface area contributed by atoms with Crippen LogP contribution in [0.3, 0.4) is 0 Å². The third kappa shape index (κ3) is 5.57. The Bertz CT molecular complexity index is 201. The fraction of sp³-hybridized carbons (Fsp3) is 0.750. The molecule has 1 N–H and O–H groups in total. The second-order valence-corrected chi connectivity index (χ2v) is 3.95. The highest BCUT2D eigenvalue weighted by Gasteiger charge is 2.32. The van der Waals surface area contributed by atoms with E-state index in [9.17, 15) is 4.79 Å². The highest BCUT2D eigenvalue weighted by Crippen LogP contribution is 2.20. The molecule has 1 unspecified atom stereocenters. The van der Waals surface area contributed by atoms with Gasteiger partial charge in [0.1, 0.15) is 0 Å². The first-order valence-corrected chi connectivity index (χ1v) is 5.55. The number of carboxylic acids is 1. The molecule has 0 amide bonds. The summed E-state index contributed by atoms with van der Waals surface area (Å²) in [6, 6.07) is 0. The normalized spacial score (nSPS) is 14.5. The number of hydrogen-bond acceptors (Lipinski definition) is 2. The standard InChI is InChI=1S/C12H22O3/c1-4-6-7-8-9-12(3,11(13)14)15-10-5-2/h5H,2,4,6-10H2,1,3H3,(H,13,14). The average Bonchev–Trinajstić information content (AvgIpc) is 2.21. The summed E-state index contributed by atoms with van der Waals surface area (Å²) in [7, 11) is 0. The summed E-state index contributed by atoms with van der Waals surface area (Å²) in [5.74, 6) is -0.888. The van der Waals surface area contributed by atoms with Gasteiger partial charge in [-0.1, -0.05) is 32.3 Å². The predicted octanol–water partition coefficient (Wildman–Crippen LogP) is 3.00. The van der Waals surface area contributed by atoms with Gasteiger partial charge in [-0.3, -0.25) is 0 Å². The third-order valence-corrected chi connectivity index (χ3v) is 2.48. The van der Waals surface area contributed by atoms with Crippen molar-refractivity contribution in [1.82, 2.24) is 0 Å². The van der Waals surface area contributed by atoms with Crippen molar-refractivity contribution in [3.8, 4) is 0 Å². The molecule has 0 spiro atoms. The van der Waals surface area contributed by atoms with Gasteiger partial charge in [0.15, 0.2) is 5.60 Å². The Morgan fingerprint density at radius 1 is 1.47 bits per heavy atom. The van der Waals surface area contributed by atoms with E-state index < -0.39 is 11.6 Å². The highest BCUT2D eigenvalue weighted by molar-refractivity contribution is 5.76. The first-order chi connectivity index (χ1) is 7.06. The van der Waals surface area contributed by atoms with E-state index >= 15 is 0 Å². The quantitative estimate of drug-likeness (QED) is 0.474. The summed E-state index contributed by atoms with van der Waals surface area (Å²) < 4.78 is 5.30. The SMILES string of the molecule is C=CCOC(C)(CCCCCC)C(=O)O. The van der Waals surface area contributed by atoms with Crippen molar-refractivity contribution in [2.45, 2.75) is 51.6 Å². The van der Waals surface area contributed by atoms with Crippen LogP contribution in [-0.2, 0) is 9.53 Å². The topological polar surface area (TPSA) is 46.5 Å². The lowest BCUT2D eigenvalue weighted by Gasteiger charge is -2.24. The minimum Gasteiger partial charge on any atom is -0.479 e. The largest absolute Gasteiger partial charge is 0.479 e. The molecule has 1 atom stereocenters. The first-order valence-electron chi connectivity index (χ1n) is 5.55. The number of unbranched alkanes of at least 4 members (excludes halogenated alkanes) is 3. The smallest absolute Gasteiger partial charge is 0.335 e. The minimum atomic E-state index is -1.05. The molecule has 0 aromatic heterocycles. The molecule has 0 radical (unpaired) electrons. The van der Waals surface area contributed by atoms with Crippen molar-refractivity contribution < 1.29 is 14.6 Å². The lowest BCUT2D eigenvalue weighted by molar-refractivity contribution is -0.163. The number of hydrogen-bond donors (Lipinski definition) is 1. The van der Waals surface area contributed by atoms with Crippen molar-refractivity contribution in [1.29, 1.82) is 0 Å². The summed E-state index contributed by atoms with van der Waals surface area (Å²) in [5, 5.41) is 9.06. The molecular weight excluding hydrogens is 192 g/mol. The molecule has 0 saturated heterocycles. The zero-order valence-electron chi connectivity index (χ0n) is 9.79. The van der Waals surface area contributed by atoms with E-state index in [4.69, 9.17) is 9.84 Å². The molecule has 0 fully saturated rings. The van der Waals surface area contributed by atoms with Gasteiger partial charge in [-0.25, -0.2) is 4.79 Å². The Morgan fingerprint density at radius 2 is 2.13 bits per heavy atom.